The molecule has 2 bridgehead atoms. The summed E-state index contributed by atoms with van der Waals surface area (Å²) >= 11 is 1.59. The van der Waals surface area contributed by atoms with Gasteiger partial charge in [0, 0.05) is 29.1 Å². The third-order valence-corrected chi connectivity index (χ3v) is 9.20. The highest BCUT2D eigenvalue weighted by atomic mass is 32.1. The van der Waals surface area contributed by atoms with Crippen LogP contribution in [0.1, 0.15) is 71.7 Å². The van der Waals surface area contributed by atoms with Gasteiger partial charge in [0.05, 0.1) is 28.5 Å². The third-order valence-electron chi connectivity index (χ3n) is 8.18. The Morgan fingerprint density at radius 3 is 2.58 bits per heavy atom. The Morgan fingerprint density at radius 1 is 1.16 bits per heavy atom. The standard InChI is InChI=1S/C29H28FN3O4S/c1-15-10-18(28(34)35)11-24-25(15)31-29(38-24)33-20-8-9-21(33)13-22(12-20)36-14-23-26(16-4-6-19(30)7-5-16)32-37-27(23)17-2-3-17/h4-7,10-11,17,20-22H,2-3,8-9,12-14H2,1H3,(H,34,35)/t20-,21+,22-. The summed E-state index contributed by atoms with van der Waals surface area (Å²) in [6.07, 6.45) is 6.36. The number of piperidine rings is 1. The number of aromatic carboxylic acids is 1. The van der Waals surface area contributed by atoms with Crippen molar-refractivity contribution >= 4 is 32.7 Å². The summed E-state index contributed by atoms with van der Waals surface area (Å²) in [5.41, 5.74) is 4.67. The molecule has 4 heterocycles. The largest absolute Gasteiger partial charge is 0.478 e. The van der Waals surface area contributed by atoms with E-state index in [4.69, 9.17) is 14.2 Å². The van der Waals surface area contributed by atoms with Crippen molar-refractivity contribution in [2.24, 2.45) is 0 Å². The Labute approximate surface area is 223 Å². The number of carbonyl (C=O) groups is 1. The fraction of sp³-hybridized carbons (Fsp3) is 0.414. The number of carboxylic acids is 1. The molecule has 2 aromatic heterocycles. The van der Waals surface area contributed by atoms with E-state index in [2.05, 4.69) is 10.1 Å². The summed E-state index contributed by atoms with van der Waals surface area (Å²) < 4.78 is 26.7. The van der Waals surface area contributed by atoms with Crippen molar-refractivity contribution < 1.29 is 23.6 Å². The van der Waals surface area contributed by atoms with Crippen LogP contribution < -0.4 is 4.90 Å². The Morgan fingerprint density at radius 2 is 1.89 bits per heavy atom. The number of halogens is 1. The van der Waals surface area contributed by atoms with Crippen LogP contribution in [-0.2, 0) is 11.3 Å². The lowest BCUT2D eigenvalue weighted by Crippen LogP contribution is -2.45. The molecular formula is C29H28FN3O4S. The van der Waals surface area contributed by atoms with Crippen LogP contribution in [0.4, 0.5) is 9.52 Å². The number of aryl methyl sites for hydroxylation is 1. The van der Waals surface area contributed by atoms with E-state index in [1.807, 2.05) is 6.92 Å². The zero-order chi connectivity index (χ0) is 26.0. The Kier molecular flexibility index (Phi) is 5.74. The van der Waals surface area contributed by atoms with E-state index in [0.717, 1.165) is 82.0 Å². The highest BCUT2D eigenvalue weighted by Gasteiger charge is 2.43. The molecule has 4 aromatic rings. The van der Waals surface area contributed by atoms with Gasteiger partial charge in [0.15, 0.2) is 5.13 Å². The number of fused-ring (bicyclic) bond motifs is 3. The summed E-state index contributed by atoms with van der Waals surface area (Å²) in [6.45, 7) is 2.36. The maximum Gasteiger partial charge on any atom is 0.335 e. The molecule has 0 radical (unpaired) electrons. The Hall–Kier alpha value is -3.30. The number of carboxylic acid groups (broad SMARTS) is 1. The highest BCUT2D eigenvalue weighted by Crippen LogP contribution is 2.46. The first kappa shape index (κ1) is 23.8. The predicted octanol–water partition coefficient (Wildman–Crippen LogP) is 6.69. The summed E-state index contributed by atoms with van der Waals surface area (Å²) in [5, 5.41) is 14.8. The maximum absolute atomic E-state index is 13.5. The molecule has 1 aliphatic carbocycles. The smallest absolute Gasteiger partial charge is 0.335 e. The summed E-state index contributed by atoms with van der Waals surface area (Å²) in [7, 11) is 0. The normalized spacial score (nSPS) is 22.9. The van der Waals surface area contributed by atoms with E-state index in [0.29, 0.717) is 30.2 Å². The molecule has 7 nitrogen and oxygen atoms in total. The molecule has 0 unspecified atom stereocenters. The lowest BCUT2D eigenvalue weighted by atomic mass is 10.00. The number of benzene rings is 2. The van der Waals surface area contributed by atoms with Gasteiger partial charge in [-0.15, -0.1) is 0 Å². The molecule has 2 aliphatic heterocycles. The van der Waals surface area contributed by atoms with Gasteiger partial charge >= 0.3 is 5.97 Å². The van der Waals surface area contributed by atoms with Gasteiger partial charge in [-0.05, 0) is 87.4 Å². The lowest BCUT2D eigenvalue weighted by molar-refractivity contribution is 0.0147. The second kappa shape index (κ2) is 9.17. The molecule has 3 aliphatic rings. The first-order chi connectivity index (χ1) is 18.4. The van der Waals surface area contributed by atoms with Crippen molar-refractivity contribution in [1.82, 2.24) is 10.1 Å². The van der Waals surface area contributed by atoms with Gasteiger partial charge in [-0.25, -0.2) is 14.2 Å². The zero-order valence-corrected chi connectivity index (χ0v) is 21.8. The van der Waals surface area contributed by atoms with E-state index in [-0.39, 0.29) is 11.9 Å². The van der Waals surface area contributed by atoms with E-state index in [1.54, 1.807) is 35.6 Å². The Balaban J connectivity index is 1.09. The van der Waals surface area contributed by atoms with E-state index in [1.165, 1.54) is 12.1 Å². The SMILES string of the molecule is Cc1cc(C(=O)O)cc2sc(N3[C@@H]4CC[C@H]3C[C@H](OCc3c(-c5ccc(F)cc5)noc3C3CC3)C4)nc12. The van der Waals surface area contributed by atoms with Crippen molar-refractivity contribution in [3.05, 3.63) is 64.7 Å². The first-order valence-corrected chi connectivity index (χ1v) is 14.0. The van der Waals surface area contributed by atoms with Crippen molar-refractivity contribution in [1.29, 1.82) is 0 Å². The predicted molar refractivity (Wildman–Crippen MR) is 142 cm³/mol. The molecule has 2 saturated heterocycles. The average molecular weight is 534 g/mol. The van der Waals surface area contributed by atoms with Gasteiger partial charge in [0.25, 0.3) is 0 Å². The van der Waals surface area contributed by atoms with Gasteiger partial charge in [-0.3, -0.25) is 0 Å². The molecule has 9 heteroatoms. The molecule has 38 heavy (non-hydrogen) atoms. The van der Waals surface area contributed by atoms with Crippen LogP contribution in [-0.4, -0.2) is 39.4 Å². The van der Waals surface area contributed by atoms with Crippen LogP contribution in [0.15, 0.2) is 40.9 Å². The molecule has 2 aromatic carbocycles. The van der Waals surface area contributed by atoms with Gasteiger partial charge in [-0.1, -0.05) is 16.5 Å². The summed E-state index contributed by atoms with van der Waals surface area (Å²) in [4.78, 5) is 18.9. The number of anilines is 1. The molecule has 0 amide bonds. The second-order valence-electron chi connectivity index (χ2n) is 10.8. The monoisotopic (exact) mass is 533 g/mol. The number of nitrogens with zero attached hydrogens (tertiary/aromatic N) is 3. The Bertz CT molecular complexity index is 1510. The van der Waals surface area contributed by atoms with Gasteiger partial charge in [-0.2, -0.15) is 0 Å². The molecule has 0 spiro atoms. The van der Waals surface area contributed by atoms with E-state index < -0.39 is 5.97 Å². The molecule has 196 valence electrons. The number of aromatic nitrogens is 2. The van der Waals surface area contributed by atoms with Crippen LogP contribution >= 0.6 is 11.3 Å². The number of ether oxygens (including phenoxy) is 1. The van der Waals surface area contributed by atoms with Crippen molar-refractivity contribution in [3.63, 3.8) is 0 Å². The quantitative estimate of drug-likeness (QED) is 0.283. The minimum Gasteiger partial charge on any atom is -0.478 e. The van der Waals surface area contributed by atoms with Crippen molar-refractivity contribution in [2.45, 2.75) is 76.2 Å². The summed E-state index contributed by atoms with van der Waals surface area (Å²) in [6, 6.07) is 10.5. The fourth-order valence-corrected chi connectivity index (χ4v) is 7.38. The number of hydrogen-bond donors (Lipinski definition) is 1. The van der Waals surface area contributed by atoms with Crippen molar-refractivity contribution in [3.8, 4) is 11.3 Å². The van der Waals surface area contributed by atoms with E-state index >= 15 is 0 Å². The minimum absolute atomic E-state index is 0.126. The zero-order valence-electron chi connectivity index (χ0n) is 21.0. The van der Waals surface area contributed by atoms with Crippen LogP contribution in [0.2, 0.25) is 0 Å². The molecule has 1 N–H and O–H groups in total. The second-order valence-corrected chi connectivity index (χ2v) is 11.8. The van der Waals surface area contributed by atoms with Gasteiger partial charge < -0.3 is 19.3 Å². The molecule has 7 rings (SSSR count). The fourth-order valence-electron chi connectivity index (χ4n) is 6.16. The molecular weight excluding hydrogens is 505 g/mol. The maximum atomic E-state index is 13.5. The lowest BCUT2D eigenvalue weighted by Gasteiger charge is -2.38. The first-order valence-electron chi connectivity index (χ1n) is 13.2. The van der Waals surface area contributed by atoms with Crippen LogP contribution in [0, 0.1) is 12.7 Å². The van der Waals surface area contributed by atoms with Gasteiger partial charge in [0.1, 0.15) is 17.3 Å². The van der Waals surface area contributed by atoms with Crippen LogP contribution in [0.3, 0.4) is 0 Å². The number of thiazole rings is 1. The minimum atomic E-state index is -0.914. The number of rotatable bonds is 7. The number of hydrogen-bond acceptors (Lipinski definition) is 7. The van der Waals surface area contributed by atoms with Crippen LogP contribution in [0.25, 0.3) is 21.5 Å². The summed E-state index contributed by atoms with van der Waals surface area (Å²) in [5.74, 6) is 0.126. The van der Waals surface area contributed by atoms with E-state index in [9.17, 15) is 14.3 Å². The van der Waals surface area contributed by atoms with Crippen LogP contribution in [0.5, 0.6) is 0 Å². The molecule has 1 saturated carbocycles. The molecule has 3 atom stereocenters. The third kappa shape index (κ3) is 4.18. The van der Waals surface area contributed by atoms with Gasteiger partial charge in [0.2, 0.25) is 0 Å². The highest BCUT2D eigenvalue weighted by molar-refractivity contribution is 7.22. The molecule has 3 fully saturated rings. The van der Waals surface area contributed by atoms with Crippen molar-refractivity contribution in [2.75, 3.05) is 4.90 Å². The average Bonchev–Trinajstić information content (AvgIpc) is 3.41. The topological polar surface area (TPSA) is 88.7 Å².